The zero-order chi connectivity index (χ0) is 11.5. The Labute approximate surface area is 93.9 Å². The molecular weight excluding hydrogens is 190 g/mol. The molecule has 0 aliphatic carbocycles. The molecule has 0 aliphatic heterocycles. The van der Waals surface area contributed by atoms with Gasteiger partial charge in [-0.2, -0.15) is 0 Å². The lowest BCUT2D eigenvalue weighted by atomic mass is 10.1. The highest BCUT2D eigenvalue weighted by Crippen LogP contribution is 2.02. The van der Waals surface area contributed by atoms with E-state index in [9.17, 15) is 0 Å². The van der Waals surface area contributed by atoms with Crippen LogP contribution in [-0.2, 0) is 4.74 Å². The van der Waals surface area contributed by atoms with Gasteiger partial charge in [0.15, 0.2) is 0 Å². The van der Waals surface area contributed by atoms with Crippen LogP contribution in [0.15, 0.2) is 0 Å². The number of hydrogen-bond acceptors (Lipinski definition) is 4. The lowest BCUT2D eigenvalue weighted by Crippen LogP contribution is -2.33. The van der Waals surface area contributed by atoms with Gasteiger partial charge in [-0.3, -0.25) is 0 Å². The monoisotopic (exact) mass is 217 g/mol. The minimum Gasteiger partial charge on any atom is -0.384 e. The summed E-state index contributed by atoms with van der Waals surface area (Å²) in [5.74, 6) is 0.575. The Morgan fingerprint density at radius 3 is 2.07 bits per heavy atom. The van der Waals surface area contributed by atoms with Crippen molar-refractivity contribution in [1.29, 1.82) is 0 Å². The largest absolute Gasteiger partial charge is 0.384 e. The van der Waals surface area contributed by atoms with Crippen molar-refractivity contribution in [2.75, 3.05) is 46.4 Å². The van der Waals surface area contributed by atoms with E-state index in [2.05, 4.69) is 11.8 Å². The third kappa shape index (κ3) is 8.81. The van der Waals surface area contributed by atoms with Crippen molar-refractivity contribution in [3.63, 3.8) is 0 Å². The molecule has 0 heterocycles. The Kier molecular flexibility index (Phi) is 10.3. The molecule has 0 aromatic heterocycles. The molecule has 4 heteroatoms. The van der Waals surface area contributed by atoms with Gasteiger partial charge in [-0.1, -0.05) is 6.92 Å². The first-order valence-electron chi connectivity index (χ1n) is 5.86. The van der Waals surface area contributed by atoms with Crippen molar-refractivity contribution >= 4 is 0 Å². The molecule has 0 saturated heterocycles. The molecule has 15 heavy (non-hydrogen) atoms. The van der Waals surface area contributed by atoms with Gasteiger partial charge in [0.25, 0.3) is 0 Å². The molecule has 0 amide bonds. The van der Waals surface area contributed by atoms with Crippen LogP contribution in [0, 0.1) is 5.92 Å². The minimum absolute atomic E-state index is 0.575. The molecule has 0 bridgehead atoms. The van der Waals surface area contributed by atoms with Gasteiger partial charge < -0.3 is 21.1 Å². The summed E-state index contributed by atoms with van der Waals surface area (Å²) in [6.07, 6.45) is 2.12. The molecule has 0 saturated carbocycles. The van der Waals surface area contributed by atoms with Crippen molar-refractivity contribution in [2.24, 2.45) is 17.4 Å². The molecule has 0 spiro atoms. The summed E-state index contributed by atoms with van der Waals surface area (Å²) in [5, 5.41) is 0. The minimum atomic E-state index is 0.575. The van der Waals surface area contributed by atoms with Gasteiger partial charge in [-0.15, -0.1) is 0 Å². The third-order valence-electron chi connectivity index (χ3n) is 2.38. The number of hydrogen-bond donors (Lipinski definition) is 2. The van der Waals surface area contributed by atoms with Gasteiger partial charge in [-0.25, -0.2) is 0 Å². The second kappa shape index (κ2) is 10.4. The average Bonchev–Trinajstić information content (AvgIpc) is 2.22. The zero-order valence-corrected chi connectivity index (χ0v) is 10.2. The molecule has 0 fully saturated rings. The summed E-state index contributed by atoms with van der Waals surface area (Å²) >= 11 is 0. The van der Waals surface area contributed by atoms with E-state index in [-0.39, 0.29) is 0 Å². The van der Waals surface area contributed by atoms with E-state index in [4.69, 9.17) is 16.2 Å². The van der Waals surface area contributed by atoms with Crippen LogP contribution in [0.5, 0.6) is 0 Å². The highest BCUT2D eigenvalue weighted by Gasteiger charge is 2.09. The lowest BCUT2D eigenvalue weighted by Gasteiger charge is -2.25. The summed E-state index contributed by atoms with van der Waals surface area (Å²) in [5.41, 5.74) is 11.0. The molecule has 0 radical (unpaired) electrons. The van der Waals surface area contributed by atoms with Crippen LogP contribution in [-0.4, -0.2) is 51.3 Å². The Morgan fingerprint density at radius 1 is 1.13 bits per heavy atom. The predicted octanol–water partition coefficient (Wildman–Crippen LogP) is 0.269. The molecule has 4 N–H and O–H groups in total. The standard InChI is InChI=1S/C11H27N3O/c1-11(10-15-2)9-14(7-3-5-12)8-4-6-13/h11H,3-10,12-13H2,1-2H3. The van der Waals surface area contributed by atoms with Crippen molar-refractivity contribution in [3.8, 4) is 0 Å². The second-order valence-electron chi connectivity index (χ2n) is 4.15. The van der Waals surface area contributed by atoms with Crippen LogP contribution in [0.2, 0.25) is 0 Å². The maximum Gasteiger partial charge on any atom is 0.0500 e. The quantitative estimate of drug-likeness (QED) is 0.551. The van der Waals surface area contributed by atoms with Crippen LogP contribution in [0.25, 0.3) is 0 Å². The van der Waals surface area contributed by atoms with Gasteiger partial charge in [0, 0.05) is 20.3 Å². The maximum atomic E-state index is 5.52. The first-order valence-corrected chi connectivity index (χ1v) is 5.86. The fourth-order valence-electron chi connectivity index (χ4n) is 1.70. The number of rotatable bonds is 10. The van der Waals surface area contributed by atoms with Crippen LogP contribution in [0.4, 0.5) is 0 Å². The number of nitrogens with two attached hydrogens (primary N) is 2. The van der Waals surface area contributed by atoms with E-state index in [1.807, 2.05) is 0 Å². The van der Waals surface area contributed by atoms with E-state index in [1.165, 1.54) is 0 Å². The van der Waals surface area contributed by atoms with E-state index < -0.39 is 0 Å². The normalized spacial score (nSPS) is 13.4. The molecular formula is C11H27N3O. The Balaban J connectivity index is 3.76. The zero-order valence-electron chi connectivity index (χ0n) is 10.2. The van der Waals surface area contributed by atoms with Gasteiger partial charge >= 0.3 is 0 Å². The van der Waals surface area contributed by atoms with E-state index >= 15 is 0 Å². The molecule has 0 aliphatic rings. The van der Waals surface area contributed by atoms with Gasteiger partial charge in [0.2, 0.25) is 0 Å². The van der Waals surface area contributed by atoms with E-state index in [0.717, 1.165) is 52.2 Å². The Morgan fingerprint density at radius 2 is 1.67 bits per heavy atom. The van der Waals surface area contributed by atoms with E-state index in [1.54, 1.807) is 7.11 Å². The van der Waals surface area contributed by atoms with Gasteiger partial charge in [-0.05, 0) is 44.9 Å². The van der Waals surface area contributed by atoms with Gasteiger partial charge in [0.05, 0.1) is 0 Å². The fraction of sp³-hybridized carbons (Fsp3) is 1.00. The van der Waals surface area contributed by atoms with Crippen molar-refractivity contribution in [3.05, 3.63) is 0 Å². The molecule has 0 rings (SSSR count). The maximum absolute atomic E-state index is 5.52. The van der Waals surface area contributed by atoms with Crippen molar-refractivity contribution in [2.45, 2.75) is 19.8 Å². The third-order valence-corrected chi connectivity index (χ3v) is 2.38. The lowest BCUT2D eigenvalue weighted by molar-refractivity contribution is 0.128. The van der Waals surface area contributed by atoms with Crippen molar-refractivity contribution < 1.29 is 4.74 Å². The Bertz CT molecular complexity index is 125. The summed E-state index contributed by atoms with van der Waals surface area (Å²) in [7, 11) is 1.75. The number of ether oxygens (including phenoxy) is 1. The molecule has 0 aromatic carbocycles. The SMILES string of the molecule is COCC(C)CN(CCCN)CCCN. The Hall–Kier alpha value is -0.160. The van der Waals surface area contributed by atoms with Crippen LogP contribution >= 0.6 is 0 Å². The van der Waals surface area contributed by atoms with Crippen molar-refractivity contribution in [1.82, 2.24) is 4.90 Å². The topological polar surface area (TPSA) is 64.5 Å². The molecule has 1 atom stereocenters. The fourth-order valence-corrected chi connectivity index (χ4v) is 1.70. The molecule has 4 nitrogen and oxygen atoms in total. The van der Waals surface area contributed by atoms with Crippen LogP contribution in [0.1, 0.15) is 19.8 Å². The van der Waals surface area contributed by atoms with Gasteiger partial charge in [0.1, 0.15) is 0 Å². The number of nitrogens with zero attached hydrogens (tertiary/aromatic N) is 1. The van der Waals surface area contributed by atoms with Crippen LogP contribution in [0.3, 0.4) is 0 Å². The number of methoxy groups -OCH3 is 1. The predicted molar refractivity (Wildman–Crippen MR) is 64.8 cm³/mol. The molecule has 1 unspecified atom stereocenters. The highest BCUT2D eigenvalue weighted by molar-refractivity contribution is 4.63. The molecule has 92 valence electrons. The summed E-state index contributed by atoms with van der Waals surface area (Å²) in [4.78, 5) is 2.43. The first-order chi connectivity index (χ1) is 7.24. The van der Waals surface area contributed by atoms with E-state index in [0.29, 0.717) is 5.92 Å². The smallest absolute Gasteiger partial charge is 0.0500 e. The summed E-state index contributed by atoms with van der Waals surface area (Å²) in [6.45, 7) is 7.78. The summed E-state index contributed by atoms with van der Waals surface area (Å²) < 4.78 is 5.14. The first kappa shape index (κ1) is 14.8. The van der Waals surface area contributed by atoms with Crippen LogP contribution < -0.4 is 11.5 Å². The summed E-state index contributed by atoms with van der Waals surface area (Å²) in [6, 6.07) is 0. The average molecular weight is 217 g/mol. The highest BCUT2D eigenvalue weighted by atomic mass is 16.5. The second-order valence-corrected chi connectivity index (χ2v) is 4.15. The molecule has 0 aromatic rings.